The molecule has 0 saturated carbocycles. The second-order valence-electron chi connectivity index (χ2n) is 6.46. The molecule has 4 aromatic rings. The number of benzene rings is 3. The van der Waals surface area contributed by atoms with Gasteiger partial charge in [-0.15, -0.1) is 0 Å². The molecule has 5 heteroatoms. The summed E-state index contributed by atoms with van der Waals surface area (Å²) in [5.74, 6) is 0.111. The zero-order valence-corrected chi connectivity index (χ0v) is 14.8. The largest absolute Gasteiger partial charge is 0.444 e. The fourth-order valence-electron chi connectivity index (χ4n) is 2.97. The summed E-state index contributed by atoms with van der Waals surface area (Å²) in [7, 11) is 0. The Bertz CT molecular complexity index is 1100. The Morgan fingerprint density at radius 1 is 1.04 bits per heavy atom. The summed E-state index contributed by atoms with van der Waals surface area (Å²) in [5, 5.41) is 5.28. The van der Waals surface area contributed by atoms with Gasteiger partial charge in [0, 0.05) is 11.3 Å². The Labute approximate surface area is 156 Å². The maximum atomic E-state index is 12.5. The quantitative estimate of drug-likeness (QED) is 0.524. The van der Waals surface area contributed by atoms with Crippen molar-refractivity contribution in [2.45, 2.75) is 13.0 Å². The molecule has 0 aliphatic carbocycles. The van der Waals surface area contributed by atoms with Gasteiger partial charge < -0.3 is 15.5 Å². The maximum Gasteiger partial charge on any atom is 0.273 e. The molecule has 0 aliphatic rings. The van der Waals surface area contributed by atoms with Crippen molar-refractivity contribution in [1.82, 2.24) is 10.3 Å². The summed E-state index contributed by atoms with van der Waals surface area (Å²) >= 11 is 0. The second-order valence-corrected chi connectivity index (χ2v) is 6.46. The van der Waals surface area contributed by atoms with Crippen LogP contribution in [-0.4, -0.2) is 10.9 Å². The van der Waals surface area contributed by atoms with Crippen molar-refractivity contribution in [3.05, 3.63) is 84.3 Å². The van der Waals surface area contributed by atoms with Gasteiger partial charge in [0.1, 0.15) is 6.26 Å². The molecule has 1 amide bonds. The minimum absolute atomic E-state index is 0.154. The molecule has 3 aromatic carbocycles. The lowest BCUT2D eigenvalue weighted by atomic mass is 10.0. The highest BCUT2D eigenvalue weighted by Gasteiger charge is 2.16. The molecule has 1 aromatic heterocycles. The van der Waals surface area contributed by atoms with Gasteiger partial charge in [0.15, 0.2) is 5.69 Å². The van der Waals surface area contributed by atoms with Crippen LogP contribution in [0.1, 0.15) is 29.0 Å². The van der Waals surface area contributed by atoms with E-state index in [9.17, 15) is 4.79 Å². The van der Waals surface area contributed by atoms with E-state index in [1.165, 1.54) is 11.6 Å². The average Bonchev–Trinajstić information content (AvgIpc) is 3.18. The number of nitrogen functional groups attached to an aromatic ring is 1. The molecule has 0 spiro atoms. The fraction of sp³-hybridized carbons (Fsp3) is 0.0909. The van der Waals surface area contributed by atoms with Crippen LogP contribution in [0.15, 0.2) is 77.4 Å². The van der Waals surface area contributed by atoms with Gasteiger partial charge in [-0.05, 0) is 53.6 Å². The van der Waals surface area contributed by atoms with Gasteiger partial charge in [0.05, 0.1) is 6.04 Å². The van der Waals surface area contributed by atoms with E-state index in [-0.39, 0.29) is 17.6 Å². The van der Waals surface area contributed by atoms with E-state index in [2.05, 4.69) is 34.6 Å². The Balaban J connectivity index is 1.50. The Kier molecular flexibility index (Phi) is 4.34. The van der Waals surface area contributed by atoms with Crippen LogP contribution in [0.3, 0.4) is 0 Å². The topological polar surface area (TPSA) is 81.2 Å². The van der Waals surface area contributed by atoms with Crippen LogP contribution < -0.4 is 11.1 Å². The van der Waals surface area contributed by atoms with E-state index < -0.39 is 0 Å². The van der Waals surface area contributed by atoms with E-state index >= 15 is 0 Å². The third-order valence-electron chi connectivity index (χ3n) is 4.52. The van der Waals surface area contributed by atoms with Gasteiger partial charge in [-0.3, -0.25) is 4.79 Å². The number of rotatable bonds is 4. The molecule has 0 aliphatic heterocycles. The molecule has 1 heterocycles. The number of anilines is 1. The number of carbonyl (C=O) groups is 1. The van der Waals surface area contributed by atoms with Crippen molar-refractivity contribution >= 4 is 22.4 Å². The SMILES string of the molecule is CC(NC(=O)c1coc(-c2ccc(N)cc2)n1)c1ccc2ccccc2c1. The third-order valence-corrected chi connectivity index (χ3v) is 4.52. The van der Waals surface area contributed by atoms with Gasteiger partial charge in [0.2, 0.25) is 5.89 Å². The Morgan fingerprint density at radius 2 is 1.78 bits per heavy atom. The molecular formula is C22H19N3O2. The summed E-state index contributed by atoms with van der Waals surface area (Å²) in [5.41, 5.74) is 8.39. The minimum Gasteiger partial charge on any atom is -0.444 e. The lowest BCUT2D eigenvalue weighted by Crippen LogP contribution is -2.26. The predicted octanol–water partition coefficient (Wildman–Crippen LogP) is 4.57. The van der Waals surface area contributed by atoms with Crippen LogP contribution in [-0.2, 0) is 0 Å². The van der Waals surface area contributed by atoms with Crippen LogP contribution in [0.5, 0.6) is 0 Å². The lowest BCUT2D eigenvalue weighted by Gasteiger charge is -2.14. The first kappa shape index (κ1) is 16.8. The van der Waals surface area contributed by atoms with Gasteiger partial charge in [-0.25, -0.2) is 4.98 Å². The summed E-state index contributed by atoms with van der Waals surface area (Å²) < 4.78 is 5.44. The summed E-state index contributed by atoms with van der Waals surface area (Å²) in [6, 6.07) is 21.3. The number of aromatic nitrogens is 1. The molecule has 5 nitrogen and oxygen atoms in total. The molecule has 0 radical (unpaired) electrons. The number of nitrogens with two attached hydrogens (primary N) is 1. The fourth-order valence-corrected chi connectivity index (χ4v) is 2.97. The van der Waals surface area contributed by atoms with Crippen LogP contribution in [0.4, 0.5) is 5.69 Å². The van der Waals surface area contributed by atoms with Crippen molar-refractivity contribution in [2.24, 2.45) is 0 Å². The number of oxazole rings is 1. The number of fused-ring (bicyclic) bond motifs is 1. The third kappa shape index (κ3) is 3.53. The molecule has 4 rings (SSSR count). The van der Waals surface area contributed by atoms with Gasteiger partial charge in [0.25, 0.3) is 5.91 Å². The molecule has 0 saturated heterocycles. The number of nitrogens with one attached hydrogen (secondary N) is 1. The second kappa shape index (κ2) is 6.96. The molecule has 3 N–H and O–H groups in total. The van der Waals surface area contributed by atoms with Gasteiger partial charge in [-0.2, -0.15) is 0 Å². The average molecular weight is 357 g/mol. The van der Waals surface area contributed by atoms with E-state index in [0.29, 0.717) is 11.6 Å². The summed E-state index contributed by atoms with van der Waals surface area (Å²) in [6.07, 6.45) is 1.37. The number of hydrogen-bond donors (Lipinski definition) is 2. The highest BCUT2D eigenvalue weighted by Crippen LogP contribution is 2.22. The summed E-state index contributed by atoms with van der Waals surface area (Å²) in [4.78, 5) is 16.8. The molecule has 27 heavy (non-hydrogen) atoms. The molecule has 0 bridgehead atoms. The van der Waals surface area contributed by atoms with Crippen LogP contribution in [0, 0.1) is 0 Å². The molecule has 1 unspecified atom stereocenters. The number of carbonyl (C=O) groups excluding carboxylic acids is 1. The van der Waals surface area contributed by atoms with E-state index in [1.54, 1.807) is 24.3 Å². The van der Waals surface area contributed by atoms with Crippen molar-refractivity contribution < 1.29 is 9.21 Å². The Morgan fingerprint density at radius 3 is 2.56 bits per heavy atom. The van der Waals surface area contributed by atoms with E-state index in [0.717, 1.165) is 16.5 Å². The number of hydrogen-bond acceptors (Lipinski definition) is 4. The minimum atomic E-state index is -0.277. The first-order chi connectivity index (χ1) is 13.1. The molecule has 1 atom stereocenters. The first-order valence-electron chi connectivity index (χ1n) is 8.71. The zero-order chi connectivity index (χ0) is 18.8. The summed E-state index contributed by atoms with van der Waals surface area (Å²) in [6.45, 7) is 1.95. The first-order valence-corrected chi connectivity index (χ1v) is 8.71. The van der Waals surface area contributed by atoms with E-state index in [4.69, 9.17) is 10.2 Å². The predicted molar refractivity (Wildman–Crippen MR) is 106 cm³/mol. The van der Waals surface area contributed by atoms with E-state index in [1.807, 2.05) is 25.1 Å². The van der Waals surface area contributed by atoms with Crippen molar-refractivity contribution in [3.63, 3.8) is 0 Å². The van der Waals surface area contributed by atoms with Crippen molar-refractivity contribution in [2.75, 3.05) is 5.73 Å². The molecular weight excluding hydrogens is 338 g/mol. The van der Waals surface area contributed by atoms with Crippen molar-refractivity contribution in [3.8, 4) is 11.5 Å². The standard InChI is InChI=1S/C22H19N3O2/c1-14(17-7-6-15-4-2-3-5-18(15)12-17)24-21(26)20-13-27-22(25-20)16-8-10-19(23)11-9-16/h2-14H,23H2,1H3,(H,24,26). The highest BCUT2D eigenvalue weighted by molar-refractivity contribution is 5.93. The van der Waals surface area contributed by atoms with Crippen LogP contribution in [0.25, 0.3) is 22.2 Å². The number of amides is 1. The van der Waals surface area contributed by atoms with Crippen molar-refractivity contribution in [1.29, 1.82) is 0 Å². The highest BCUT2D eigenvalue weighted by atomic mass is 16.3. The van der Waals surface area contributed by atoms with Crippen LogP contribution >= 0.6 is 0 Å². The smallest absolute Gasteiger partial charge is 0.273 e. The molecule has 134 valence electrons. The van der Waals surface area contributed by atoms with Gasteiger partial charge >= 0.3 is 0 Å². The number of nitrogens with zero attached hydrogens (tertiary/aromatic N) is 1. The molecule has 0 fully saturated rings. The van der Waals surface area contributed by atoms with Gasteiger partial charge in [-0.1, -0.05) is 36.4 Å². The lowest BCUT2D eigenvalue weighted by molar-refractivity contribution is 0.0935. The maximum absolute atomic E-state index is 12.5. The normalized spacial score (nSPS) is 12.0. The Hall–Kier alpha value is -3.60. The monoisotopic (exact) mass is 357 g/mol. The zero-order valence-electron chi connectivity index (χ0n) is 14.8. The van der Waals surface area contributed by atoms with Crippen LogP contribution in [0.2, 0.25) is 0 Å².